The van der Waals surface area contributed by atoms with E-state index in [-0.39, 0.29) is 11.2 Å². The molecule has 1 unspecified atom stereocenters. The van der Waals surface area contributed by atoms with E-state index >= 15 is 0 Å². The summed E-state index contributed by atoms with van der Waals surface area (Å²) in [5.41, 5.74) is 2.95. The van der Waals surface area contributed by atoms with E-state index in [4.69, 9.17) is 0 Å². The third-order valence-corrected chi connectivity index (χ3v) is 5.57. The summed E-state index contributed by atoms with van der Waals surface area (Å²) in [6, 6.07) is 29.3. The Hall–Kier alpha value is -3.51. The Morgan fingerprint density at radius 2 is 1.37 bits per heavy atom. The molecular weight excluding hydrogens is 392 g/mol. The van der Waals surface area contributed by atoms with Crippen LogP contribution in [0, 0.1) is 0 Å². The summed E-state index contributed by atoms with van der Waals surface area (Å²) < 4.78 is 0. The van der Waals surface area contributed by atoms with Crippen LogP contribution >= 0.6 is 11.8 Å². The van der Waals surface area contributed by atoms with E-state index in [1.54, 1.807) is 12.4 Å². The molecule has 0 N–H and O–H groups in total. The maximum Gasteiger partial charge on any atom is 0.263 e. The number of nitrogens with zero attached hydrogens (tertiary/aromatic N) is 4. The molecule has 3 aromatic carbocycles. The lowest BCUT2D eigenvalue weighted by Gasteiger charge is -2.09. The summed E-state index contributed by atoms with van der Waals surface area (Å²) in [5, 5.41) is 14.4. The van der Waals surface area contributed by atoms with Crippen LogP contribution in [-0.4, -0.2) is 33.8 Å². The van der Waals surface area contributed by atoms with Crippen LogP contribution in [0.2, 0.25) is 0 Å². The van der Waals surface area contributed by atoms with Crippen LogP contribution in [0.5, 0.6) is 0 Å². The third-order valence-electron chi connectivity index (χ3n) is 4.45. The fourth-order valence-electron chi connectivity index (χ4n) is 2.94. The van der Waals surface area contributed by atoms with Gasteiger partial charge in [0, 0.05) is 0 Å². The zero-order valence-corrected chi connectivity index (χ0v) is 17.0. The molecule has 30 heavy (non-hydrogen) atoms. The Bertz CT molecular complexity index is 1070. The maximum absolute atomic E-state index is 13.0. The van der Waals surface area contributed by atoms with Gasteiger partial charge < -0.3 is 0 Å². The summed E-state index contributed by atoms with van der Waals surface area (Å²) in [6.45, 7) is 0. The first-order valence-electron chi connectivity index (χ1n) is 9.59. The van der Waals surface area contributed by atoms with E-state index in [0.717, 1.165) is 16.7 Å². The summed E-state index contributed by atoms with van der Waals surface area (Å²) in [7, 11) is 0. The van der Waals surface area contributed by atoms with Crippen LogP contribution in [0.15, 0.2) is 106 Å². The average Bonchev–Trinajstić information content (AvgIpc) is 3.08. The Morgan fingerprint density at radius 1 is 0.800 bits per heavy atom. The van der Waals surface area contributed by atoms with Gasteiger partial charge in [-0.25, -0.2) is 0 Å². The van der Waals surface area contributed by atoms with Gasteiger partial charge in [-0.1, -0.05) is 103 Å². The average molecular weight is 413 g/mol. The van der Waals surface area contributed by atoms with Gasteiger partial charge in [0.2, 0.25) is 5.17 Å². The molecule has 1 aliphatic rings. The largest absolute Gasteiger partial charge is 0.271 e. The molecule has 4 rings (SSSR count). The highest BCUT2D eigenvalue weighted by Crippen LogP contribution is 2.30. The molecule has 1 aliphatic heterocycles. The number of carbonyl (C=O) groups is 1. The number of hydrogen-bond donors (Lipinski definition) is 0. The van der Waals surface area contributed by atoms with Crippen molar-refractivity contribution in [2.75, 3.05) is 0 Å². The summed E-state index contributed by atoms with van der Waals surface area (Å²) in [6.07, 6.45) is 3.95. The van der Waals surface area contributed by atoms with E-state index < -0.39 is 0 Å². The molecule has 148 valence electrons. The molecule has 0 aliphatic carbocycles. The van der Waals surface area contributed by atoms with Gasteiger partial charge in [0.15, 0.2) is 0 Å². The van der Waals surface area contributed by atoms with Crippen molar-refractivity contribution in [3.63, 3.8) is 0 Å². The van der Waals surface area contributed by atoms with Gasteiger partial charge in [-0.2, -0.15) is 15.2 Å². The first-order valence-corrected chi connectivity index (χ1v) is 10.5. The van der Waals surface area contributed by atoms with Crippen molar-refractivity contribution in [1.29, 1.82) is 0 Å². The second-order valence-electron chi connectivity index (χ2n) is 6.64. The molecule has 1 amide bonds. The second kappa shape index (κ2) is 9.80. The van der Waals surface area contributed by atoms with Crippen molar-refractivity contribution in [3.8, 4) is 0 Å². The Balaban J connectivity index is 1.57. The van der Waals surface area contributed by atoms with Gasteiger partial charge in [0.05, 0.1) is 17.7 Å². The molecule has 1 heterocycles. The molecule has 6 heteroatoms. The van der Waals surface area contributed by atoms with Gasteiger partial charge in [-0.05, 0) is 23.1 Å². The van der Waals surface area contributed by atoms with Crippen molar-refractivity contribution in [2.24, 2.45) is 15.3 Å². The predicted octanol–water partition coefficient (Wildman–Crippen LogP) is 4.60. The molecular formula is C24H20N4OS. The number of benzene rings is 3. The monoisotopic (exact) mass is 412 g/mol. The van der Waals surface area contributed by atoms with Crippen LogP contribution in [0.3, 0.4) is 0 Å². The molecule has 1 atom stereocenters. The third kappa shape index (κ3) is 5.10. The highest BCUT2D eigenvalue weighted by Gasteiger charge is 2.38. The Kier molecular flexibility index (Phi) is 6.47. The van der Waals surface area contributed by atoms with E-state index in [1.165, 1.54) is 16.8 Å². The standard InChI is InChI=1S/C24H20N4OS/c29-23-22(16-19-10-4-1-5-11-19)30-24(27-25-17-20-12-6-2-7-13-20)28(23)26-18-21-14-8-3-9-15-21/h1-15,17-18,22H,16H2/b25-17+,26-18+,27-24+. The minimum absolute atomic E-state index is 0.0929. The van der Waals surface area contributed by atoms with E-state index in [2.05, 4.69) is 15.3 Å². The molecule has 0 saturated carbocycles. The quantitative estimate of drug-likeness (QED) is 0.439. The van der Waals surface area contributed by atoms with Crippen LogP contribution in [0.4, 0.5) is 0 Å². The van der Waals surface area contributed by atoms with Crippen LogP contribution < -0.4 is 0 Å². The van der Waals surface area contributed by atoms with Gasteiger partial charge in [-0.15, -0.1) is 5.10 Å². The van der Waals surface area contributed by atoms with E-state index in [9.17, 15) is 4.79 Å². The number of rotatable bonds is 6. The number of amides is 1. The number of amidine groups is 1. The number of hydrazone groups is 1. The second-order valence-corrected chi connectivity index (χ2v) is 7.81. The number of carbonyl (C=O) groups excluding carboxylic acids is 1. The Labute approximate surface area is 179 Å². The fraction of sp³-hybridized carbons (Fsp3) is 0.0833. The smallest absolute Gasteiger partial charge is 0.263 e. The minimum Gasteiger partial charge on any atom is -0.271 e. The molecule has 0 radical (unpaired) electrons. The zero-order chi connectivity index (χ0) is 20.6. The highest BCUT2D eigenvalue weighted by molar-refractivity contribution is 8.15. The highest BCUT2D eigenvalue weighted by atomic mass is 32.2. The molecule has 0 bridgehead atoms. The molecule has 0 spiro atoms. The van der Waals surface area contributed by atoms with E-state index in [0.29, 0.717) is 11.6 Å². The van der Waals surface area contributed by atoms with E-state index in [1.807, 2.05) is 91.0 Å². The lowest BCUT2D eigenvalue weighted by molar-refractivity contribution is -0.126. The van der Waals surface area contributed by atoms with Crippen molar-refractivity contribution < 1.29 is 4.79 Å². The van der Waals surface area contributed by atoms with Crippen LogP contribution in [0.25, 0.3) is 0 Å². The molecule has 1 fully saturated rings. The van der Waals surface area contributed by atoms with Gasteiger partial charge in [-0.3, -0.25) is 4.79 Å². The maximum atomic E-state index is 13.0. The summed E-state index contributed by atoms with van der Waals surface area (Å²) in [5.74, 6) is -0.0929. The van der Waals surface area contributed by atoms with Gasteiger partial charge in [0.25, 0.3) is 5.91 Å². The fourth-order valence-corrected chi connectivity index (χ4v) is 4.00. The molecule has 1 saturated heterocycles. The number of thioether (sulfide) groups is 1. The Morgan fingerprint density at radius 3 is 2.00 bits per heavy atom. The van der Waals surface area contributed by atoms with Crippen molar-refractivity contribution in [1.82, 2.24) is 5.01 Å². The molecule has 0 aromatic heterocycles. The SMILES string of the molecule is O=C1C(Cc2ccccc2)S/C(=N/N=C/c2ccccc2)N1/N=C/c1ccccc1. The van der Waals surface area contributed by atoms with Crippen LogP contribution in [-0.2, 0) is 11.2 Å². The molecule has 5 nitrogen and oxygen atoms in total. The first-order chi connectivity index (χ1) is 14.8. The summed E-state index contributed by atoms with van der Waals surface area (Å²) >= 11 is 1.39. The van der Waals surface area contributed by atoms with Crippen molar-refractivity contribution in [3.05, 3.63) is 108 Å². The van der Waals surface area contributed by atoms with Crippen molar-refractivity contribution in [2.45, 2.75) is 11.7 Å². The van der Waals surface area contributed by atoms with Gasteiger partial charge >= 0.3 is 0 Å². The normalized spacial score (nSPS) is 18.1. The van der Waals surface area contributed by atoms with Crippen molar-refractivity contribution >= 4 is 35.3 Å². The number of hydrogen-bond acceptors (Lipinski definition) is 5. The predicted molar refractivity (Wildman–Crippen MR) is 124 cm³/mol. The van der Waals surface area contributed by atoms with Gasteiger partial charge in [0.1, 0.15) is 0 Å². The molecule has 3 aromatic rings. The minimum atomic E-state index is -0.286. The topological polar surface area (TPSA) is 57.4 Å². The lowest BCUT2D eigenvalue weighted by atomic mass is 10.1. The van der Waals surface area contributed by atoms with Crippen LogP contribution in [0.1, 0.15) is 16.7 Å². The zero-order valence-electron chi connectivity index (χ0n) is 16.2. The lowest BCUT2D eigenvalue weighted by Crippen LogP contribution is -2.28. The first kappa shape index (κ1) is 19.8. The summed E-state index contributed by atoms with van der Waals surface area (Å²) in [4.78, 5) is 13.0.